The van der Waals surface area contributed by atoms with E-state index in [2.05, 4.69) is 58.5 Å². The molecule has 7 heteroatoms. The average Bonchev–Trinajstić information content (AvgIpc) is 3.22. The minimum Gasteiger partial charge on any atom is -0.493 e. The molecule has 0 atom stereocenters. The summed E-state index contributed by atoms with van der Waals surface area (Å²) in [5.41, 5.74) is 4.64. The molecule has 0 unspecified atom stereocenters. The Kier molecular flexibility index (Phi) is 8.07. The molecule has 0 fully saturated rings. The van der Waals surface area contributed by atoms with E-state index in [0.717, 1.165) is 40.2 Å². The Hall–Kier alpha value is -2.41. The quantitative estimate of drug-likeness (QED) is 0.419. The van der Waals surface area contributed by atoms with Crippen LogP contribution in [0.3, 0.4) is 0 Å². The van der Waals surface area contributed by atoms with E-state index in [1.54, 1.807) is 7.11 Å². The van der Waals surface area contributed by atoms with Gasteiger partial charge in [0.05, 0.1) is 11.6 Å². The summed E-state index contributed by atoms with van der Waals surface area (Å²) >= 11 is 3.63. The van der Waals surface area contributed by atoms with Gasteiger partial charge in [0.2, 0.25) is 6.79 Å². The summed E-state index contributed by atoms with van der Waals surface area (Å²) in [7, 11) is 1.65. The van der Waals surface area contributed by atoms with E-state index >= 15 is 0 Å². The molecule has 0 aliphatic carbocycles. The number of rotatable bonds is 8. The predicted molar refractivity (Wildman–Crippen MR) is 127 cm³/mol. The zero-order chi connectivity index (χ0) is 20.9. The molecule has 0 amide bonds. The summed E-state index contributed by atoms with van der Waals surface area (Å²) in [4.78, 5) is 0. The number of ether oxygens (including phenoxy) is 4. The maximum atomic E-state index is 6.06. The molecule has 0 aromatic heterocycles. The fourth-order valence-corrected chi connectivity index (χ4v) is 3.86. The van der Waals surface area contributed by atoms with Crippen molar-refractivity contribution in [2.75, 3.05) is 13.9 Å². The SMILES string of the molecule is COc1cc(CNCc2ccc(C)cc2)cc(Br)c1OCc1ccc2c(c1)OCO2.Cl. The molecule has 3 aromatic carbocycles. The zero-order valence-electron chi connectivity index (χ0n) is 17.4. The van der Waals surface area contributed by atoms with Gasteiger partial charge in [-0.2, -0.15) is 0 Å². The van der Waals surface area contributed by atoms with Gasteiger partial charge in [-0.25, -0.2) is 0 Å². The summed E-state index contributed by atoms with van der Waals surface area (Å²) in [5, 5.41) is 3.47. The third-order valence-electron chi connectivity index (χ3n) is 4.89. The summed E-state index contributed by atoms with van der Waals surface area (Å²) < 4.78 is 23.3. The van der Waals surface area contributed by atoms with Gasteiger partial charge in [0.15, 0.2) is 23.0 Å². The van der Waals surface area contributed by atoms with Gasteiger partial charge in [-0.15, -0.1) is 12.4 Å². The molecular formula is C24H25BrClNO4. The van der Waals surface area contributed by atoms with Crippen molar-refractivity contribution in [3.63, 3.8) is 0 Å². The van der Waals surface area contributed by atoms with E-state index < -0.39 is 0 Å². The van der Waals surface area contributed by atoms with E-state index in [1.807, 2.05) is 24.3 Å². The molecule has 0 radical (unpaired) electrons. The number of nitrogens with one attached hydrogen (secondary N) is 1. The van der Waals surface area contributed by atoms with Crippen molar-refractivity contribution >= 4 is 28.3 Å². The fourth-order valence-electron chi connectivity index (χ4n) is 3.26. The Bertz CT molecular complexity index is 1030. The lowest BCUT2D eigenvalue weighted by molar-refractivity contribution is 0.174. The van der Waals surface area contributed by atoms with E-state index in [-0.39, 0.29) is 19.2 Å². The fraction of sp³-hybridized carbons (Fsp3) is 0.250. The largest absolute Gasteiger partial charge is 0.493 e. The van der Waals surface area contributed by atoms with Crippen LogP contribution in [0.15, 0.2) is 59.1 Å². The van der Waals surface area contributed by atoms with Crippen LogP contribution in [0.4, 0.5) is 0 Å². The maximum absolute atomic E-state index is 6.06. The molecule has 1 heterocycles. The van der Waals surface area contributed by atoms with E-state index in [4.69, 9.17) is 18.9 Å². The summed E-state index contributed by atoms with van der Waals surface area (Å²) in [5.74, 6) is 2.88. The molecule has 5 nitrogen and oxygen atoms in total. The minimum atomic E-state index is 0. The number of aryl methyl sites for hydroxylation is 1. The van der Waals surface area contributed by atoms with Crippen LogP contribution in [0.2, 0.25) is 0 Å². The van der Waals surface area contributed by atoms with Gasteiger partial charge in [0.1, 0.15) is 6.61 Å². The van der Waals surface area contributed by atoms with Crippen molar-refractivity contribution in [2.24, 2.45) is 0 Å². The first-order chi connectivity index (χ1) is 14.6. The molecule has 1 N–H and O–H groups in total. The monoisotopic (exact) mass is 505 g/mol. The second-order valence-electron chi connectivity index (χ2n) is 7.17. The van der Waals surface area contributed by atoms with Gasteiger partial charge in [-0.1, -0.05) is 35.9 Å². The van der Waals surface area contributed by atoms with Gasteiger partial charge < -0.3 is 24.3 Å². The number of hydrogen-bond acceptors (Lipinski definition) is 5. The van der Waals surface area contributed by atoms with E-state index in [0.29, 0.717) is 18.1 Å². The maximum Gasteiger partial charge on any atom is 0.231 e. The van der Waals surface area contributed by atoms with Crippen LogP contribution in [-0.4, -0.2) is 13.9 Å². The summed E-state index contributed by atoms with van der Waals surface area (Å²) in [6, 6.07) is 18.4. The van der Waals surface area contributed by atoms with Gasteiger partial charge in [-0.05, 0) is 63.8 Å². The highest BCUT2D eigenvalue weighted by Crippen LogP contribution is 2.38. The Morgan fingerprint density at radius 3 is 2.39 bits per heavy atom. The molecule has 1 aliphatic rings. The lowest BCUT2D eigenvalue weighted by Gasteiger charge is -2.15. The van der Waals surface area contributed by atoms with E-state index in [9.17, 15) is 0 Å². The first-order valence-electron chi connectivity index (χ1n) is 9.76. The van der Waals surface area contributed by atoms with Gasteiger partial charge in [0, 0.05) is 13.1 Å². The molecule has 0 spiro atoms. The third-order valence-corrected chi connectivity index (χ3v) is 5.48. The van der Waals surface area contributed by atoms with Gasteiger partial charge >= 0.3 is 0 Å². The van der Waals surface area contributed by atoms with Crippen LogP contribution in [0.1, 0.15) is 22.3 Å². The topological polar surface area (TPSA) is 49.0 Å². The molecular weight excluding hydrogens is 482 g/mol. The Balaban J connectivity index is 0.00000272. The molecule has 1 aliphatic heterocycles. The minimum absolute atomic E-state index is 0. The van der Waals surface area contributed by atoms with Gasteiger partial charge in [-0.3, -0.25) is 0 Å². The van der Waals surface area contributed by atoms with Crippen LogP contribution < -0.4 is 24.3 Å². The lowest BCUT2D eigenvalue weighted by atomic mass is 10.1. The first-order valence-corrected chi connectivity index (χ1v) is 10.6. The number of halogens is 2. The smallest absolute Gasteiger partial charge is 0.231 e. The second kappa shape index (κ2) is 10.8. The predicted octanol–water partition coefficient (Wildman–Crippen LogP) is 5.79. The van der Waals surface area contributed by atoms with Crippen molar-refractivity contribution in [3.05, 3.63) is 81.3 Å². The molecule has 0 saturated heterocycles. The highest BCUT2D eigenvalue weighted by Gasteiger charge is 2.15. The van der Waals surface area contributed by atoms with Crippen LogP contribution in [0.5, 0.6) is 23.0 Å². The van der Waals surface area contributed by atoms with Crippen molar-refractivity contribution in [1.82, 2.24) is 5.32 Å². The number of fused-ring (bicyclic) bond motifs is 1. The number of methoxy groups -OCH3 is 1. The van der Waals surface area contributed by atoms with Crippen molar-refractivity contribution in [3.8, 4) is 23.0 Å². The molecule has 31 heavy (non-hydrogen) atoms. The van der Waals surface area contributed by atoms with Crippen molar-refractivity contribution < 1.29 is 18.9 Å². The van der Waals surface area contributed by atoms with Crippen molar-refractivity contribution in [2.45, 2.75) is 26.6 Å². The van der Waals surface area contributed by atoms with Crippen LogP contribution in [0, 0.1) is 6.92 Å². The molecule has 4 rings (SSSR count). The lowest BCUT2D eigenvalue weighted by Crippen LogP contribution is -2.13. The molecule has 0 saturated carbocycles. The summed E-state index contributed by atoms with van der Waals surface area (Å²) in [6.45, 7) is 4.29. The Labute approximate surface area is 197 Å². The van der Waals surface area contributed by atoms with E-state index in [1.165, 1.54) is 11.1 Å². The van der Waals surface area contributed by atoms with Gasteiger partial charge in [0.25, 0.3) is 0 Å². The summed E-state index contributed by atoms with van der Waals surface area (Å²) in [6.07, 6.45) is 0. The average molecular weight is 507 g/mol. The molecule has 3 aromatic rings. The highest BCUT2D eigenvalue weighted by atomic mass is 79.9. The molecule has 0 bridgehead atoms. The number of benzene rings is 3. The normalized spacial score (nSPS) is 11.7. The number of hydrogen-bond donors (Lipinski definition) is 1. The van der Waals surface area contributed by atoms with Crippen LogP contribution in [0.25, 0.3) is 0 Å². The second-order valence-corrected chi connectivity index (χ2v) is 8.03. The van der Waals surface area contributed by atoms with Crippen molar-refractivity contribution in [1.29, 1.82) is 0 Å². The molecule has 164 valence electrons. The zero-order valence-corrected chi connectivity index (χ0v) is 19.8. The standard InChI is InChI=1S/C24H24BrNO4.ClH/c1-16-3-5-17(6-4-16)12-26-13-19-9-20(25)24(23(11-19)27-2)28-14-18-7-8-21-22(10-18)30-15-29-21;/h3-11,26H,12-15H2,1-2H3;1H. The highest BCUT2D eigenvalue weighted by molar-refractivity contribution is 9.10. The van der Waals surface area contributed by atoms with Crippen LogP contribution in [-0.2, 0) is 19.7 Å². The van der Waals surface area contributed by atoms with Crippen LogP contribution >= 0.6 is 28.3 Å². The first kappa shape index (κ1) is 23.3. The third kappa shape index (κ3) is 5.85. The Morgan fingerprint density at radius 2 is 1.61 bits per heavy atom. The Morgan fingerprint density at radius 1 is 0.903 bits per heavy atom.